The van der Waals surface area contributed by atoms with E-state index in [0.717, 1.165) is 0 Å². The molecule has 6 heteroatoms. The van der Waals surface area contributed by atoms with Crippen molar-refractivity contribution in [3.63, 3.8) is 0 Å². The lowest BCUT2D eigenvalue weighted by Gasteiger charge is -2.31. The number of thioether (sulfide) groups is 1. The van der Waals surface area contributed by atoms with Gasteiger partial charge >= 0.3 is 12.0 Å². The number of aliphatic carboxylic acids is 1. The fourth-order valence-electron chi connectivity index (χ4n) is 0.830. The van der Waals surface area contributed by atoms with Crippen molar-refractivity contribution < 1.29 is 14.7 Å². The molecule has 0 aromatic rings. The minimum atomic E-state index is -1.20. The van der Waals surface area contributed by atoms with Crippen LogP contribution >= 0.6 is 11.8 Å². The number of amides is 2. The maximum absolute atomic E-state index is 11.7. The Bertz CT molecular complexity index is 269. The summed E-state index contributed by atoms with van der Waals surface area (Å²) in [6.07, 6.45) is 1.96. The van der Waals surface area contributed by atoms with Gasteiger partial charge in [0, 0.05) is 18.8 Å². The molecule has 16 heavy (non-hydrogen) atoms. The lowest BCUT2D eigenvalue weighted by atomic mass is 10.1. The van der Waals surface area contributed by atoms with Crippen LogP contribution in [0.15, 0.2) is 0 Å². The zero-order valence-corrected chi connectivity index (χ0v) is 11.2. The van der Waals surface area contributed by atoms with Crippen molar-refractivity contribution in [3.8, 4) is 0 Å². The quantitative estimate of drug-likeness (QED) is 0.768. The lowest BCUT2D eigenvalue weighted by Crippen LogP contribution is -2.54. The van der Waals surface area contributed by atoms with Crippen LogP contribution in [0.5, 0.6) is 0 Å². The zero-order chi connectivity index (χ0) is 12.9. The fourth-order valence-corrected chi connectivity index (χ4v) is 1.08. The van der Waals surface area contributed by atoms with Gasteiger partial charge in [0.15, 0.2) is 0 Å². The van der Waals surface area contributed by atoms with E-state index in [-0.39, 0.29) is 6.03 Å². The highest BCUT2D eigenvalue weighted by atomic mass is 32.2. The third kappa shape index (κ3) is 3.92. The molecular weight excluding hydrogens is 228 g/mol. The van der Waals surface area contributed by atoms with E-state index in [1.54, 1.807) is 11.8 Å². The summed E-state index contributed by atoms with van der Waals surface area (Å²) in [6.45, 7) is 5.51. The zero-order valence-electron chi connectivity index (χ0n) is 10.4. The van der Waals surface area contributed by atoms with Gasteiger partial charge in [-0.3, -0.25) is 0 Å². The van der Waals surface area contributed by atoms with Gasteiger partial charge in [0.05, 0.1) is 0 Å². The van der Waals surface area contributed by atoms with E-state index in [1.807, 2.05) is 13.2 Å². The molecule has 0 aliphatic carbocycles. The molecule has 0 saturated heterocycles. The number of rotatable bonds is 5. The van der Waals surface area contributed by atoms with E-state index in [4.69, 9.17) is 5.11 Å². The number of hydrogen-bond donors (Lipinski definition) is 2. The lowest BCUT2D eigenvalue weighted by molar-refractivity contribution is -0.146. The Morgan fingerprint density at radius 3 is 2.38 bits per heavy atom. The SMILES string of the molecule is CSC(C)CNC(=O)N(C)C(C)(C)C(=O)O. The number of nitrogens with one attached hydrogen (secondary N) is 1. The number of urea groups is 1. The predicted octanol–water partition coefficient (Wildman–Crippen LogP) is 1.24. The summed E-state index contributed by atoms with van der Waals surface area (Å²) in [5.74, 6) is -1.02. The first kappa shape index (κ1) is 15.1. The van der Waals surface area contributed by atoms with Crippen LogP contribution in [-0.4, -0.2) is 52.6 Å². The van der Waals surface area contributed by atoms with E-state index in [1.165, 1.54) is 25.8 Å². The molecule has 0 fully saturated rings. The molecule has 0 spiro atoms. The van der Waals surface area contributed by atoms with E-state index < -0.39 is 11.5 Å². The summed E-state index contributed by atoms with van der Waals surface area (Å²) in [5.41, 5.74) is -1.20. The molecule has 0 aliphatic heterocycles. The van der Waals surface area contributed by atoms with Crippen LogP contribution < -0.4 is 5.32 Å². The molecule has 0 rings (SSSR count). The smallest absolute Gasteiger partial charge is 0.329 e. The minimum Gasteiger partial charge on any atom is -0.480 e. The Morgan fingerprint density at radius 1 is 1.50 bits per heavy atom. The van der Waals surface area contributed by atoms with E-state index in [9.17, 15) is 9.59 Å². The van der Waals surface area contributed by atoms with Crippen molar-refractivity contribution in [1.29, 1.82) is 0 Å². The Labute approximate surface area is 101 Å². The Hall–Kier alpha value is -0.910. The number of likely N-dealkylation sites (N-methyl/N-ethyl adjacent to an activating group) is 1. The normalized spacial score (nSPS) is 13.1. The first-order valence-corrected chi connectivity index (χ1v) is 6.30. The summed E-state index contributed by atoms with van der Waals surface area (Å²) < 4.78 is 0. The molecule has 0 aromatic carbocycles. The Balaban J connectivity index is 4.34. The second-order valence-electron chi connectivity index (χ2n) is 4.16. The van der Waals surface area contributed by atoms with Crippen molar-refractivity contribution in [2.75, 3.05) is 19.8 Å². The number of carboxylic acid groups (broad SMARTS) is 1. The van der Waals surface area contributed by atoms with E-state index in [0.29, 0.717) is 11.8 Å². The molecule has 0 saturated carbocycles. The largest absolute Gasteiger partial charge is 0.480 e. The molecule has 2 amide bonds. The monoisotopic (exact) mass is 248 g/mol. The van der Waals surface area contributed by atoms with Gasteiger partial charge in [0.2, 0.25) is 0 Å². The maximum Gasteiger partial charge on any atom is 0.329 e. The van der Waals surface area contributed by atoms with Gasteiger partial charge in [-0.05, 0) is 20.1 Å². The average molecular weight is 248 g/mol. The highest BCUT2D eigenvalue weighted by Crippen LogP contribution is 2.12. The van der Waals surface area contributed by atoms with Crippen molar-refractivity contribution in [2.24, 2.45) is 0 Å². The van der Waals surface area contributed by atoms with Crippen LogP contribution in [0.25, 0.3) is 0 Å². The summed E-state index contributed by atoms with van der Waals surface area (Å²) in [7, 11) is 1.48. The average Bonchev–Trinajstić information content (AvgIpc) is 2.23. The van der Waals surface area contributed by atoms with Gasteiger partial charge < -0.3 is 15.3 Å². The molecule has 0 radical (unpaired) electrons. The summed E-state index contributed by atoms with van der Waals surface area (Å²) in [5, 5.41) is 12.0. The molecule has 0 bridgehead atoms. The first-order chi connectivity index (χ1) is 7.23. The second-order valence-corrected chi connectivity index (χ2v) is 5.43. The molecule has 94 valence electrons. The molecule has 2 N–H and O–H groups in total. The topological polar surface area (TPSA) is 69.6 Å². The van der Waals surface area contributed by atoms with Gasteiger partial charge in [-0.1, -0.05) is 6.92 Å². The molecule has 0 heterocycles. The van der Waals surface area contributed by atoms with E-state index >= 15 is 0 Å². The first-order valence-electron chi connectivity index (χ1n) is 5.01. The number of carbonyl (C=O) groups excluding carboxylic acids is 1. The maximum atomic E-state index is 11.7. The van der Waals surface area contributed by atoms with Crippen molar-refractivity contribution in [3.05, 3.63) is 0 Å². The standard InChI is InChI=1S/C10H20N2O3S/c1-7(16-5)6-11-9(15)12(4)10(2,3)8(13)14/h7H,6H2,1-5H3,(H,11,15)(H,13,14). The fraction of sp³-hybridized carbons (Fsp3) is 0.800. The number of hydrogen-bond acceptors (Lipinski definition) is 3. The number of carbonyl (C=O) groups is 2. The molecule has 1 unspecified atom stereocenters. The highest BCUT2D eigenvalue weighted by Gasteiger charge is 2.35. The van der Waals surface area contributed by atoms with Crippen LogP contribution in [-0.2, 0) is 4.79 Å². The van der Waals surface area contributed by atoms with Crippen LogP contribution in [0.4, 0.5) is 4.79 Å². The molecule has 0 aliphatic rings. The van der Waals surface area contributed by atoms with Crippen molar-refractivity contribution in [1.82, 2.24) is 10.2 Å². The molecule has 0 aromatic heterocycles. The van der Waals surface area contributed by atoms with Gasteiger partial charge in [-0.2, -0.15) is 11.8 Å². The second kappa shape index (κ2) is 5.98. The van der Waals surface area contributed by atoms with E-state index in [2.05, 4.69) is 5.32 Å². The van der Waals surface area contributed by atoms with Gasteiger partial charge in [-0.25, -0.2) is 9.59 Å². The minimum absolute atomic E-state index is 0.310. The van der Waals surface area contributed by atoms with Crippen LogP contribution in [0, 0.1) is 0 Å². The van der Waals surface area contributed by atoms with Gasteiger partial charge in [0.1, 0.15) is 5.54 Å². The van der Waals surface area contributed by atoms with Gasteiger partial charge in [-0.15, -0.1) is 0 Å². The third-order valence-electron chi connectivity index (χ3n) is 2.61. The Morgan fingerprint density at radius 2 is 2.00 bits per heavy atom. The highest BCUT2D eigenvalue weighted by molar-refractivity contribution is 7.99. The summed E-state index contributed by atoms with van der Waals surface area (Å²) in [6, 6.07) is -0.367. The Kier molecular flexibility index (Phi) is 5.64. The molecular formula is C10H20N2O3S. The third-order valence-corrected chi connectivity index (χ3v) is 3.58. The molecule has 5 nitrogen and oxygen atoms in total. The van der Waals surface area contributed by atoms with Gasteiger partial charge in [0.25, 0.3) is 0 Å². The summed E-state index contributed by atoms with van der Waals surface area (Å²) >= 11 is 1.64. The van der Waals surface area contributed by atoms with Crippen LogP contribution in [0.3, 0.4) is 0 Å². The summed E-state index contributed by atoms with van der Waals surface area (Å²) in [4.78, 5) is 23.8. The molecule has 1 atom stereocenters. The predicted molar refractivity (Wildman–Crippen MR) is 65.9 cm³/mol. The van der Waals surface area contributed by atoms with Crippen LogP contribution in [0.1, 0.15) is 20.8 Å². The number of nitrogens with zero attached hydrogens (tertiary/aromatic N) is 1. The van der Waals surface area contributed by atoms with Crippen molar-refractivity contribution >= 4 is 23.8 Å². The van der Waals surface area contributed by atoms with Crippen LogP contribution in [0.2, 0.25) is 0 Å². The van der Waals surface area contributed by atoms with Crippen molar-refractivity contribution in [2.45, 2.75) is 31.6 Å². The number of carboxylic acids is 1.